The van der Waals surface area contributed by atoms with Crippen LogP contribution in [-0.2, 0) is 0 Å². The van der Waals surface area contributed by atoms with Crippen LogP contribution in [0.25, 0.3) is 22.9 Å². The first-order valence-corrected chi connectivity index (χ1v) is 7.51. The third kappa shape index (κ3) is 3.85. The number of aromatic amines is 1. The molecule has 3 N–H and O–H groups in total. The maximum absolute atomic E-state index is 13.8. The molecule has 0 saturated heterocycles. The van der Waals surface area contributed by atoms with Crippen molar-refractivity contribution in [2.45, 2.75) is 18.0 Å². The van der Waals surface area contributed by atoms with Crippen LogP contribution in [0.2, 0.25) is 0 Å². The average molecular weight is 426 g/mol. The van der Waals surface area contributed by atoms with E-state index in [0.29, 0.717) is 17.6 Å². The van der Waals surface area contributed by atoms with Gasteiger partial charge in [-0.2, -0.15) is 31.4 Å². The highest BCUT2D eigenvalue weighted by Gasteiger charge is 2.70. The van der Waals surface area contributed by atoms with Gasteiger partial charge in [-0.25, -0.2) is 14.4 Å². The standard InChI is InChI=1S/C14H9F7N6O2/c15-6-4-22-11(9-3-8(25-26-9)7-1-2-29-27-7)24-10(6)23-5-12(28,13(16,17)18)14(19,20)21/h1-4,28H,5H2,(H,25,26)(H,22,23,24). The zero-order valence-corrected chi connectivity index (χ0v) is 13.8. The first-order valence-electron chi connectivity index (χ1n) is 7.51. The molecule has 3 aromatic heterocycles. The van der Waals surface area contributed by atoms with Gasteiger partial charge >= 0.3 is 12.4 Å². The smallest absolute Gasteiger partial charge is 0.372 e. The summed E-state index contributed by atoms with van der Waals surface area (Å²) in [5.41, 5.74) is -4.46. The predicted molar refractivity (Wildman–Crippen MR) is 80.6 cm³/mol. The largest absolute Gasteiger partial charge is 0.428 e. The summed E-state index contributed by atoms with van der Waals surface area (Å²) in [5, 5.41) is 20.6. The molecule has 0 bridgehead atoms. The summed E-state index contributed by atoms with van der Waals surface area (Å²) in [5.74, 6) is -2.65. The molecule has 0 saturated carbocycles. The molecule has 0 aliphatic rings. The van der Waals surface area contributed by atoms with E-state index < -0.39 is 36.1 Å². The highest BCUT2D eigenvalue weighted by molar-refractivity contribution is 5.62. The lowest BCUT2D eigenvalue weighted by atomic mass is 10.0. The van der Waals surface area contributed by atoms with E-state index in [0.717, 1.165) is 0 Å². The Morgan fingerprint density at radius 2 is 1.79 bits per heavy atom. The zero-order chi connectivity index (χ0) is 21.4. The molecule has 29 heavy (non-hydrogen) atoms. The van der Waals surface area contributed by atoms with Gasteiger partial charge in [0.25, 0.3) is 5.60 Å². The van der Waals surface area contributed by atoms with Crippen LogP contribution >= 0.6 is 0 Å². The van der Waals surface area contributed by atoms with Gasteiger partial charge in [-0.1, -0.05) is 5.16 Å². The number of alkyl halides is 6. The van der Waals surface area contributed by atoms with Gasteiger partial charge in [-0.05, 0) is 6.07 Å². The van der Waals surface area contributed by atoms with Crippen LogP contribution in [0.3, 0.4) is 0 Å². The second-order valence-corrected chi connectivity index (χ2v) is 5.65. The minimum atomic E-state index is -6.07. The molecular formula is C14H9F7N6O2. The summed E-state index contributed by atoms with van der Waals surface area (Å²) in [4.78, 5) is 7.12. The molecule has 15 heteroatoms. The fraction of sp³-hybridized carbons (Fsp3) is 0.286. The molecule has 156 valence electrons. The summed E-state index contributed by atoms with van der Waals surface area (Å²) in [6.45, 7) is -2.13. The van der Waals surface area contributed by atoms with E-state index in [9.17, 15) is 30.7 Å². The average Bonchev–Trinajstić information content (AvgIpc) is 3.30. The number of nitrogens with one attached hydrogen (secondary N) is 2. The topological polar surface area (TPSA) is 113 Å². The van der Waals surface area contributed by atoms with Crippen molar-refractivity contribution >= 4 is 5.82 Å². The molecule has 3 aromatic rings. The van der Waals surface area contributed by atoms with Crippen LogP contribution in [0, 0.1) is 5.82 Å². The van der Waals surface area contributed by atoms with Crippen molar-refractivity contribution in [1.29, 1.82) is 0 Å². The van der Waals surface area contributed by atoms with Crippen molar-refractivity contribution in [3.05, 3.63) is 30.4 Å². The molecule has 0 radical (unpaired) electrons. The number of anilines is 1. The second-order valence-electron chi connectivity index (χ2n) is 5.65. The van der Waals surface area contributed by atoms with Gasteiger partial charge in [-0.3, -0.25) is 5.10 Å². The van der Waals surface area contributed by atoms with Gasteiger partial charge in [0.1, 0.15) is 17.7 Å². The highest BCUT2D eigenvalue weighted by atomic mass is 19.4. The van der Waals surface area contributed by atoms with Gasteiger partial charge in [0.2, 0.25) is 0 Å². The van der Waals surface area contributed by atoms with Gasteiger partial charge in [0.05, 0.1) is 18.4 Å². The summed E-state index contributed by atoms with van der Waals surface area (Å²) in [6, 6.07) is 2.82. The molecular weight excluding hydrogens is 417 g/mol. The Morgan fingerprint density at radius 3 is 2.38 bits per heavy atom. The molecule has 0 amide bonds. The van der Waals surface area contributed by atoms with Crippen LogP contribution in [0.4, 0.5) is 36.6 Å². The Morgan fingerprint density at radius 1 is 1.10 bits per heavy atom. The van der Waals surface area contributed by atoms with Crippen LogP contribution < -0.4 is 5.32 Å². The number of hydrogen-bond acceptors (Lipinski definition) is 7. The molecule has 0 aliphatic heterocycles. The van der Waals surface area contributed by atoms with E-state index in [1.165, 1.54) is 23.7 Å². The van der Waals surface area contributed by atoms with E-state index in [-0.39, 0.29) is 11.5 Å². The Kier molecular flexibility index (Phi) is 4.94. The maximum atomic E-state index is 13.8. The molecule has 0 aliphatic carbocycles. The van der Waals surface area contributed by atoms with E-state index in [2.05, 4.69) is 29.8 Å². The van der Waals surface area contributed by atoms with Gasteiger partial charge in [-0.15, -0.1) is 0 Å². The number of hydrogen-bond donors (Lipinski definition) is 3. The molecule has 0 spiro atoms. The molecule has 0 aromatic carbocycles. The third-order valence-corrected chi connectivity index (χ3v) is 3.71. The molecule has 0 fully saturated rings. The SMILES string of the molecule is OC(CNc1nc(-c2cc(-c3ccon3)[nH]n2)ncc1F)(C(F)(F)F)C(F)(F)F. The van der Waals surface area contributed by atoms with Crippen molar-refractivity contribution < 1.29 is 40.4 Å². The number of halogens is 7. The van der Waals surface area contributed by atoms with Crippen molar-refractivity contribution in [1.82, 2.24) is 25.3 Å². The maximum Gasteiger partial charge on any atom is 0.428 e. The number of rotatable bonds is 5. The minimum Gasteiger partial charge on any atom is -0.372 e. The normalized spacial score (nSPS) is 13.0. The Balaban J connectivity index is 1.86. The van der Waals surface area contributed by atoms with Crippen molar-refractivity contribution in [3.63, 3.8) is 0 Å². The molecule has 3 rings (SSSR count). The fourth-order valence-corrected chi connectivity index (χ4v) is 2.11. The Bertz CT molecular complexity index is 969. The Hall–Kier alpha value is -3.23. The van der Waals surface area contributed by atoms with Crippen LogP contribution in [0.1, 0.15) is 0 Å². The lowest BCUT2D eigenvalue weighted by Crippen LogP contribution is -2.61. The molecule has 0 unspecified atom stereocenters. The van der Waals surface area contributed by atoms with Gasteiger partial charge < -0.3 is 14.9 Å². The molecule has 0 atom stereocenters. The molecule has 3 heterocycles. The number of aromatic nitrogens is 5. The summed E-state index contributed by atoms with van der Waals surface area (Å²) >= 11 is 0. The highest BCUT2D eigenvalue weighted by Crippen LogP contribution is 2.43. The fourth-order valence-electron chi connectivity index (χ4n) is 2.11. The Labute approximate surface area is 155 Å². The zero-order valence-electron chi connectivity index (χ0n) is 13.8. The predicted octanol–water partition coefficient (Wildman–Crippen LogP) is 2.93. The summed E-state index contributed by atoms with van der Waals surface area (Å²) < 4.78 is 94.8. The monoisotopic (exact) mass is 426 g/mol. The molecule has 8 nitrogen and oxygen atoms in total. The number of nitrogens with zero attached hydrogens (tertiary/aromatic N) is 4. The summed E-state index contributed by atoms with van der Waals surface area (Å²) in [6.07, 6.45) is -10.3. The van der Waals surface area contributed by atoms with E-state index in [1.807, 2.05) is 0 Å². The number of aliphatic hydroxyl groups is 1. The van der Waals surface area contributed by atoms with E-state index >= 15 is 0 Å². The van der Waals surface area contributed by atoms with Crippen LogP contribution in [0.15, 0.2) is 29.1 Å². The first-order chi connectivity index (χ1) is 13.4. The first kappa shape index (κ1) is 20.5. The minimum absolute atomic E-state index is 0.00652. The van der Waals surface area contributed by atoms with Crippen molar-refractivity contribution in [2.24, 2.45) is 0 Å². The van der Waals surface area contributed by atoms with Crippen molar-refractivity contribution in [3.8, 4) is 22.9 Å². The second kappa shape index (κ2) is 6.98. The summed E-state index contributed by atoms with van der Waals surface area (Å²) in [7, 11) is 0. The van der Waals surface area contributed by atoms with E-state index in [4.69, 9.17) is 5.11 Å². The quantitative estimate of drug-likeness (QED) is 0.538. The lowest BCUT2D eigenvalue weighted by Gasteiger charge is -2.32. The van der Waals surface area contributed by atoms with Crippen LogP contribution in [0.5, 0.6) is 0 Å². The number of H-pyrrole nitrogens is 1. The van der Waals surface area contributed by atoms with Crippen LogP contribution in [-0.4, -0.2) is 54.9 Å². The van der Waals surface area contributed by atoms with Gasteiger partial charge in [0.15, 0.2) is 17.5 Å². The lowest BCUT2D eigenvalue weighted by molar-refractivity contribution is -0.362. The van der Waals surface area contributed by atoms with Gasteiger partial charge in [0, 0.05) is 6.07 Å². The van der Waals surface area contributed by atoms with E-state index in [1.54, 1.807) is 0 Å². The third-order valence-electron chi connectivity index (χ3n) is 3.71. The van der Waals surface area contributed by atoms with Crippen molar-refractivity contribution in [2.75, 3.05) is 11.9 Å².